The van der Waals surface area contributed by atoms with Crippen molar-refractivity contribution in [2.75, 3.05) is 4.72 Å². The van der Waals surface area contributed by atoms with Crippen molar-refractivity contribution in [2.24, 2.45) is 0 Å². The van der Waals surface area contributed by atoms with Crippen molar-refractivity contribution in [3.63, 3.8) is 0 Å². The molecule has 3 aromatic rings. The molecule has 0 aliphatic carbocycles. The second kappa shape index (κ2) is 6.35. The highest BCUT2D eigenvalue weighted by Gasteiger charge is 2.09. The molecule has 0 radical (unpaired) electrons. The molecule has 1 aromatic carbocycles. The lowest BCUT2D eigenvalue weighted by molar-refractivity contribution is 0.609. The van der Waals surface area contributed by atoms with Crippen LogP contribution in [-0.2, 0) is 10.0 Å². The summed E-state index contributed by atoms with van der Waals surface area (Å²) in [4.78, 5) is 0. The first-order chi connectivity index (χ1) is 10.9. The Hall–Kier alpha value is -1.83. The lowest BCUT2D eigenvalue weighted by Gasteiger charge is -2.00. The number of sulfonamides is 1. The first-order valence-corrected chi connectivity index (χ1v) is 9.25. The first kappa shape index (κ1) is 16.0. The summed E-state index contributed by atoms with van der Waals surface area (Å²) < 4.78 is 29.1. The van der Waals surface area contributed by atoms with Gasteiger partial charge in [-0.15, -0.1) is 5.10 Å². The zero-order chi connectivity index (χ0) is 16.4. The average Bonchev–Trinajstić information content (AvgIpc) is 2.87. The monoisotopic (exact) mass is 411 g/mol. The van der Waals surface area contributed by atoms with Crippen LogP contribution in [0.5, 0.6) is 0 Å². The highest BCUT2D eigenvalue weighted by atomic mass is 79.9. The van der Waals surface area contributed by atoms with E-state index in [1.54, 1.807) is 41.0 Å². The van der Waals surface area contributed by atoms with Gasteiger partial charge in [-0.2, -0.15) is 0 Å². The van der Waals surface area contributed by atoms with Gasteiger partial charge in [-0.1, -0.05) is 29.8 Å². The predicted molar refractivity (Wildman–Crippen MR) is 95.9 cm³/mol. The van der Waals surface area contributed by atoms with Crippen molar-refractivity contribution in [3.8, 4) is 0 Å². The summed E-state index contributed by atoms with van der Waals surface area (Å²) in [6.45, 7) is 0. The number of nitrogens with zero attached hydrogens (tertiary/aromatic N) is 2. The van der Waals surface area contributed by atoms with E-state index in [2.05, 4.69) is 25.8 Å². The molecule has 2 heterocycles. The van der Waals surface area contributed by atoms with E-state index in [0.29, 0.717) is 10.6 Å². The molecule has 5 nitrogen and oxygen atoms in total. The Labute approximate surface area is 146 Å². The Morgan fingerprint density at radius 3 is 2.78 bits per heavy atom. The lowest BCUT2D eigenvalue weighted by Crippen LogP contribution is -2.09. The second-order valence-electron chi connectivity index (χ2n) is 4.72. The van der Waals surface area contributed by atoms with E-state index in [1.165, 1.54) is 6.08 Å². The molecular formula is C15H11BrClN3O2S. The van der Waals surface area contributed by atoms with E-state index in [1.807, 2.05) is 12.1 Å². The van der Waals surface area contributed by atoms with Crippen molar-refractivity contribution < 1.29 is 8.42 Å². The van der Waals surface area contributed by atoms with E-state index < -0.39 is 10.0 Å². The third kappa shape index (κ3) is 3.93. The number of aromatic nitrogens is 2. The molecular weight excluding hydrogens is 402 g/mol. The van der Waals surface area contributed by atoms with Gasteiger partial charge in [0.1, 0.15) is 0 Å². The standard InChI is InChI=1S/C15H11BrClN3O2S/c16-12-5-6-13-9-15(18-20(13)10-12)19-23(21,22)8-7-11-3-1-2-4-14(11)17/h1-10H,(H,18,19)/b8-7+. The number of rotatable bonds is 4. The molecule has 3 rings (SSSR count). The van der Waals surface area contributed by atoms with Crippen LogP contribution in [0, 0.1) is 0 Å². The zero-order valence-corrected chi connectivity index (χ0v) is 14.8. The highest BCUT2D eigenvalue weighted by Crippen LogP contribution is 2.19. The minimum atomic E-state index is -3.68. The van der Waals surface area contributed by atoms with E-state index in [4.69, 9.17) is 11.6 Å². The van der Waals surface area contributed by atoms with Crippen molar-refractivity contribution in [1.82, 2.24) is 9.61 Å². The fourth-order valence-corrected chi connectivity index (χ4v) is 3.27. The maximum Gasteiger partial charge on any atom is 0.256 e. The molecule has 0 aliphatic heterocycles. The first-order valence-electron chi connectivity index (χ1n) is 6.53. The fraction of sp³-hybridized carbons (Fsp3) is 0. The number of fused-ring (bicyclic) bond motifs is 1. The quantitative estimate of drug-likeness (QED) is 0.700. The second-order valence-corrected chi connectivity index (χ2v) is 7.61. The zero-order valence-electron chi connectivity index (χ0n) is 11.6. The summed E-state index contributed by atoms with van der Waals surface area (Å²) in [5.41, 5.74) is 1.40. The van der Waals surface area contributed by atoms with E-state index >= 15 is 0 Å². The number of anilines is 1. The van der Waals surface area contributed by atoms with Crippen LogP contribution in [0.4, 0.5) is 5.82 Å². The summed E-state index contributed by atoms with van der Waals surface area (Å²) in [6.07, 6.45) is 3.18. The van der Waals surface area contributed by atoms with Crippen LogP contribution in [0.2, 0.25) is 5.02 Å². The van der Waals surface area contributed by atoms with E-state index in [0.717, 1.165) is 15.4 Å². The molecule has 2 aromatic heterocycles. The third-order valence-corrected chi connectivity index (χ3v) is 4.80. The Morgan fingerprint density at radius 1 is 1.22 bits per heavy atom. The van der Waals surface area contributed by atoms with E-state index in [9.17, 15) is 8.42 Å². The molecule has 0 spiro atoms. The van der Waals surface area contributed by atoms with Crippen LogP contribution in [-0.4, -0.2) is 18.0 Å². The molecule has 0 unspecified atom stereocenters. The number of benzene rings is 1. The third-order valence-electron chi connectivity index (χ3n) is 3.00. The molecule has 0 fully saturated rings. The minimum Gasteiger partial charge on any atom is -0.262 e. The Morgan fingerprint density at radius 2 is 2.00 bits per heavy atom. The Bertz CT molecular complexity index is 999. The molecule has 0 aliphatic rings. The van der Waals surface area contributed by atoms with Crippen molar-refractivity contribution in [3.05, 3.63) is 69.1 Å². The van der Waals surface area contributed by atoms with Gasteiger partial charge in [0, 0.05) is 21.8 Å². The van der Waals surface area contributed by atoms with Crippen LogP contribution >= 0.6 is 27.5 Å². The summed E-state index contributed by atoms with van der Waals surface area (Å²) in [7, 11) is -3.68. The predicted octanol–water partition coefficient (Wildman–Crippen LogP) is 4.16. The van der Waals surface area contributed by atoms with Gasteiger partial charge in [-0.3, -0.25) is 4.72 Å². The van der Waals surface area contributed by atoms with Gasteiger partial charge in [0.25, 0.3) is 10.0 Å². The maximum absolute atomic E-state index is 12.1. The van der Waals surface area contributed by atoms with Gasteiger partial charge in [-0.05, 0) is 45.8 Å². The van der Waals surface area contributed by atoms with Crippen LogP contribution < -0.4 is 4.72 Å². The van der Waals surface area contributed by atoms with Crippen molar-refractivity contribution in [2.45, 2.75) is 0 Å². The molecule has 0 atom stereocenters. The van der Waals surface area contributed by atoms with Gasteiger partial charge >= 0.3 is 0 Å². The molecule has 23 heavy (non-hydrogen) atoms. The van der Waals surface area contributed by atoms with Crippen LogP contribution in [0.1, 0.15) is 5.56 Å². The highest BCUT2D eigenvalue weighted by molar-refractivity contribution is 9.10. The topological polar surface area (TPSA) is 63.5 Å². The lowest BCUT2D eigenvalue weighted by atomic mass is 10.2. The average molecular weight is 413 g/mol. The largest absolute Gasteiger partial charge is 0.262 e. The van der Waals surface area contributed by atoms with Crippen LogP contribution in [0.25, 0.3) is 11.6 Å². The molecule has 8 heteroatoms. The molecule has 0 amide bonds. The number of nitrogens with one attached hydrogen (secondary N) is 1. The maximum atomic E-state index is 12.1. The minimum absolute atomic E-state index is 0.243. The van der Waals surface area contributed by atoms with Gasteiger partial charge in [0.15, 0.2) is 5.82 Å². The Balaban J connectivity index is 1.83. The van der Waals surface area contributed by atoms with Gasteiger partial charge in [0.2, 0.25) is 0 Å². The molecule has 0 bridgehead atoms. The van der Waals surface area contributed by atoms with E-state index in [-0.39, 0.29) is 5.82 Å². The fourth-order valence-electron chi connectivity index (χ4n) is 1.96. The number of halogens is 2. The Kier molecular flexibility index (Phi) is 4.43. The summed E-state index contributed by atoms with van der Waals surface area (Å²) >= 11 is 9.33. The molecule has 0 saturated heterocycles. The molecule has 0 saturated carbocycles. The van der Waals surface area contributed by atoms with Crippen LogP contribution in [0.15, 0.2) is 58.5 Å². The summed E-state index contributed by atoms with van der Waals surface area (Å²) in [5.74, 6) is 0.243. The van der Waals surface area contributed by atoms with Gasteiger partial charge in [-0.25, -0.2) is 12.9 Å². The SMILES string of the molecule is O=S(=O)(/C=C/c1ccccc1Cl)Nc1cc2ccc(Br)cn2n1. The number of hydrogen-bond donors (Lipinski definition) is 1. The molecule has 1 N–H and O–H groups in total. The smallest absolute Gasteiger partial charge is 0.256 e. The van der Waals surface area contributed by atoms with Crippen molar-refractivity contribution >= 4 is 55.0 Å². The molecule has 118 valence electrons. The van der Waals surface area contributed by atoms with Gasteiger partial charge in [0.05, 0.1) is 10.9 Å². The summed E-state index contributed by atoms with van der Waals surface area (Å²) in [6, 6.07) is 12.3. The summed E-state index contributed by atoms with van der Waals surface area (Å²) in [5, 5.41) is 5.71. The number of hydrogen-bond acceptors (Lipinski definition) is 3. The van der Waals surface area contributed by atoms with Gasteiger partial charge < -0.3 is 0 Å². The number of pyridine rings is 1. The van der Waals surface area contributed by atoms with Crippen molar-refractivity contribution in [1.29, 1.82) is 0 Å². The normalized spacial score (nSPS) is 12.1. The van der Waals surface area contributed by atoms with Crippen LogP contribution in [0.3, 0.4) is 0 Å².